The summed E-state index contributed by atoms with van der Waals surface area (Å²) in [6.45, 7) is 1.39. The van der Waals surface area contributed by atoms with E-state index in [0.29, 0.717) is 13.0 Å². The lowest BCUT2D eigenvalue weighted by molar-refractivity contribution is -0.130. The van der Waals surface area contributed by atoms with Gasteiger partial charge in [-0.25, -0.2) is 0 Å². The zero-order chi connectivity index (χ0) is 15.4. The van der Waals surface area contributed by atoms with Gasteiger partial charge >= 0.3 is 0 Å². The highest BCUT2D eigenvalue weighted by Crippen LogP contribution is 2.26. The van der Waals surface area contributed by atoms with Crippen LogP contribution >= 0.6 is 0 Å². The van der Waals surface area contributed by atoms with Gasteiger partial charge < -0.3 is 10.2 Å². The molecule has 1 saturated carbocycles. The molecule has 0 radical (unpaired) electrons. The summed E-state index contributed by atoms with van der Waals surface area (Å²) < 4.78 is 0. The first-order valence-corrected chi connectivity index (χ1v) is 8.37. The van der Waals surface area contributed by atoms with Crippen LogP contribution in [0.1, 0.15) is 50.1 Å². The van der Waals surface area contributed by atoms with Crippen LogP contribution in [0.25, 0.3) is 0 Å². The molecule has 1 atom stereocenters. The Morgan fingerprint density at radius 3 is 2.55 bits per heavy atom. The number of carbonyl (C=O) groups excluding carboxylic acids is 2. The molecular weight excluding hydrogens is 276 g/mol. The zero-order valence-corrected chi connectivity index (χ0v) is 13.0. The van der Waals surface area contributed by atoms with Gasteiger partial charge in [-0.1, -0.05) is 43.2 Å². The monoisotopic (exact) mass is 300 g/mol. The SMILES string of the molecule is O=C(NC(CN1CCCC1=O)c1ccccc1)C1CCCC1. The molecule has 1 heterocycles. The predicted molar refractivity (Wildman–Crippen MR) is 85.1 cm³/mol. The van der Waals surface area contributed by atoms with Crippen molar-refractivity contribution in [3.63, 3.8) is 0 Å². The third kappa shape index (κ3) is 3.49. The number of rotatable bonds is 5. The molecule has 1 aliphatic carbocycles. The number of benzene rings is 1. The molecule has 4 heteroatoms. The van der Waals surface area contributed by atoms with Crippen LogP contribution in [0.4, 0.5) is 0 Å². The molecule has 3 rings (SSSR count). The number of amides is 2. The fourth-order valence-electron chi connectivity index (χ4n) is 3.51. The van der Waals surface area contributed by atoms with E-state index in [1.54, 1.807) is 0 Å². The van der Waals surface area contributed by atoms with E-state index < -0.39 is 0 Å². The Morgan fingerprint density at radius 1 is 1.18 bits per heavy atom. The lowest BCUT2D eigenvalue weighted by Gasteiger charge is -2.26. The third-order valence-corrected chi connectivity index (χ3v) is 4.82. The molecule has 2 amide bonds. The summed E-state index contributed by atoms with van der Waals surface area (Å²) in [5.41, 5.74) is 1.08. The van der Waals surface area contributed by atoms with Crippen molar-refractivity contribution >= 4 is 11.8 Å². The quantitative estimate of drug-likeness (QED) is 0.909. The van der Waals surface area contributed by atoms with Crippen LogP contribution in [0.15, 0.2) is 30.3 Å². The summed E-state index contributed by atoms with van der Waals surface area (Å²) in [6.07, 6.45) is 5.86. The Balaban J connectivity index is 1.70. The number of nitrogens with zero attached hydrogens (tertiary/aromatic N) is 1. The van der Waals surface area contributed by atoms with E-state index in [2.05, 4.69) is 5.32 Å². The van der Waals surface area contributed by atoms with Gasteiger partial charge in [-0.2, -0.15) is 0 Å². The van der Waals surface area contributed by atoms with Crippen molar-refractivity contribution in [3.8, 4) is 0 Å². The van der Waals surface area contributed by atoms with E-state index in [-0.39, 0.29) is 23.8 Å². The van der Waals surface area contributed by atoms with E-state index in [1.807, 2.05) is 35.2 Å². The minimum absolute atomic E-state index is 0.101. The molecule has 0 aromatic heterocycles. The molecule has 1 aromatic rings. The highest BCUT2D eigenvalue weighted by molar-refractivity contribution is 5.80. The number of likely N-dealkylation sites (tertiary alicyclic amines) is 1. The number of hydrogen-bond donors (Lipinski definition) is 1. The van der Waals surface area contributed by atoms with Crippen LogP contribution < -0.4 is 5.32 Å². The van der Waals surface area contributed by atoms with Gasteiger partial charge in [0.2, 0.25) is 11.8 Å². The van der Waals surface area contributed by atoms with Crippen LogP contribution in [0.2, 0.25) is 0 Å². The smallest absolute Gasteiger partial charge is 0.223 e. The number of hydrogen-bond acceptors (Lipinski definition) is 2. The van der Waals surface area contributed by atoms with Crippen molar-refractivity contribution in [1.82, 2.24) is 10.2 Å². The van der Waals surface area contributed by atoms with Crippen molar-refractivity contribution < 1.29 is 9.59 Å². The first-order chi connectivity index (χ1) is 10.7. The fourth-order valence-corrected chi connectivity index (χ4v) is 3.51. The highest BCUT2D eigenvalue weighted by atomic mass is 16.2. The van der Waals surface area contributed by atoms with Gasteiger partial charge in [-0.3, -0.25) is 9.59 Å². The molecule has 1 N–H and O–H groups in total. The summed E-state index contributed by atoms with van der Waals surface area (Å²) in [6, 6.07) is 9.89. The summed E-state index contributed by atoms with van der Waals surface area (Å²) >= 11 is 0. The second-order valence-electron chi connectivity index (χ2n) is 6.40. The second-order valence-corrected chi connectivity index (χ2v) is 6.40. The summed E-state index contributed by atoms with van der Waals surface area (Å²) in [5, 5.41) is 3.19. The second kappa shape index (κ2) is 6.95. The minimum Gasteiger partial charge on any atom is -0.347 e. The van der Waals surface area contributed by atoms with Gasteiger partial charge in [0, 0.05) is 25.4 Å². The molecule has 2 fully saturated rings. The maximum Gasteiger partial charge on any atom is 0.223 e. The molecular formula is C18H24N2O2. The van der Waals surface area contributed by atoms with E-state index in [0.717, 1.165) is 44.2 Å². The summed E-state index contributed by atoms with van der Waals surface area (Å²) in [5.74, 6) is 0.509. The third-order valence-electron chi connectivity index (χ3n) is 4.82. The predicted octanol–water partition coefficient (Wildman–Crippen LogP) is 2.66. The zero-order valence-electron chi connectivity index (χ0n) is 13.0. The molecule has 2 aliphatic rings. The molecule has 1 saturated heterocycles. The van der Waals surface area contributed by atoms with Gasteiger partial charge in [0.1, 0.15) is 0 Å². The summed E-state index contributed by atoms with van der Waals surface area (Å²) in [7, 11) is 0. The Kier molecular flexibility index (Phi) is 4.76. The Bertz CT molecular complexity index is 523. The molecule has 118 valence electrons. The lowest BCUT2D eigenvalue weighted by atomic mass is 10.0. The first-order valence-electron chi connectivity index (χ1n) is 8.37. The molecule has 1 aromatic carbocycles. The lowest BCUT2D eigenvalue weighted by Crippen LogP contribution is -2.40. The highest BCUT2D eigenvalue weighted by Gasteiger charge is 2.28. The van der Waals surface area contributed by atoms with Crippen molar-refractivity contribution in [1.29, 1.82) is 0 Å². The van der Waals surface area contributed by atoms with Crippen LogP contribution in [-0.4, -0.2) is 29.8 Å². The van der Waals surface area contributed by atoms with E-state index in [4.69, 9.17) is 0 Å². The Hall–Kier alpha value is -1.84. The van der Waals surface area contributed by atoms with Crippen LogP contribution in [0.3, 0.4) is 0 Å². The van der Waals surface area contributed by atoms with Gasteiger partial charge in [0.05, 0.1) is 6.04 Å². The van der Waals surface area contributed by atoms with E-state index >= 15 is 0 Å². The van der Waals surface area contributed by atoms with Gasteiger partial charge in [0.25, 0.3) is 0 Å². The largest absolute Gasteiger partial charge is 0.347 e. The van der Waals surface area contributed by atoms with E-state index in [1.165, 1.54) is 0 Å². The van der Waals surface area contributed by atoms with Gasteiger partial charge in [-0.05, 0) is 24.8 Å². The van der Waals surface area contributed by atoms with Crippen LogP contribution in [-0.2, 0) is 9.59 Å². The maximum atomic E-state index is 12.5. The van der Waals surface area contributed by atoms with Gasteiger partial charge in [0.15, 0.2) is 0 Å². The average molecular weight is 300 g/mol. The summed E-state index contributed by atoms with van der Waals surface area (Å²) in [4.78, 5) is 26.2. The normalized spacial score (nSPS) is 20.4. The minimum atomic E-state index is -0.101. The molecule has 0 bridgehead atoms. The number of carbonyl (C=O) groups is 2. The van der Waals surface area contributed by atoms with Crippen LogP contribution in [0, 0.1) is 5.92 Å². The maximum absolute atomic E-state index is 12.5. The molecule has 1 unspecified atom stereocenters. The molecule has 0 spiro atoms. The molecule has 1 aliphatic heterocycles. The standard InChI is InChI=1S/C18H24N2O2/c21-17-11-6-12-20(17)13-16(14-7-2-1-3-8-14)19-18(22)15-9-4-5-10-15/h1-3,7-8,15-16H,4-6,9-13H2,(H,19,22). The molecule has 22 heavy (non-hydrogen) atoms. The topological polar surface area (TPSA) is 49.4 Å². The van der Waals surface area contributed by atoms with Crippen molar-refractivity contribution in [2.45, 2.75) is 44.6 Å². The Morgan fingerprint density at radius 2 is 1.91 bits per heavy atom. The van der Waals surface area contributed by atoms with Crippen LogP contribution in [0.5, 0.6) is 0 Å². The van der Waals surface area contributed by atoms with Crippen molar-refractivity contribution in [3.05, 3.63) is 35.9 Å². The number of nitrogens with one attached hydrogen (secondary N) is 1. The first kappa shape index (κ1) is 15.1. The van der Waals surface area contributed by atoms with E-state index in [9.17, 15) is 9.59 Å². The van der Waals surface area contributed by atoms with Gasteiger partial charge in [-0.15, -0.1) is 0 Å². The molecule has 4 nitrogen and oxygen atoms in total. The fraction of sp³-hybridized carbons (Fsp3) is 0.556. The van der Waals surface area contributed by atoms with Crippen molar-refractivity contribution in [2.24, 2.45) is 5.92 Å². The van der Waals surface area contributed by atoms with Crippen molar-refractivity contribution in [2.75, 3.05) is 13.1 Å². The Labute approximate surface area is 131 Å². The average Bonchev–Trinajstić information content (AvgIpc) is 3.20.